The average molecular weight is 234 g/mol. The maximum Gasteiger partial charge on any atom is 0.120 e. The van der Waals surface area contributed by atoms with E-state index in [9.17, 15) is 4.79 Å². The van der Waals surface area contributed by atoms with Crippen LogP contribution in [0.2, 0.25) is 0 Å². The van der Waals surface area contributed by atoms with Crippen molar-refractivity contribution in [2.45, 2.75) is 37.0 Å². The van der Waals surface area contributed by atoms with E-state index in [0.29, 0.717) is 12.3 Å². The molecule has 0 amide bonds. The molecule has 1 aromatic carbocycles. The second-order valence-electron chi connectivity index (χ2n) is 4.63. The Morgan fingerprint density at radius 2 is 2.06 bits per heavy atom. The molecule has 16 heavy (non-hydrogen) atoms. The molecule has 1 saturated carbocycles. The summed E-state index contributed by atoms with van der Waals surface area (Å²) in [4.78, 5) is 11.8. The number of carbonyl (C=O) groups excluding carboxylic acids is 1. The quantitative estimate of drug-likeness (QED) is 0.549. The molecule has 1 fully saturated rings. The second kappa shape index (κ2) is 5.53. The Morgan fingerprint density at radius 3 is 2.62 bits per heavy atom. The lowest BCUT2D eigenvalue weighted by Gasteiger charge is -2.08. The Balaban J connectivity index is 1.89. The lowest BCUT2D eigenvalue weighted by atomic mass is 9.99. The van der Waals surface area contributed by atoms with Gasteiger partial charge in [0.1, 0.15) is 6.29 Å². The Bertz CT molecular complexity index is 340. The Labute approximate surface area is 102 Å². The molecule has 2 rings (SSSR count). The lowest BCUT2D eigenvalue weighted by molar-refractivity contribution is -0.108. The van der Waals surface area contributed by atoms with E-state index in [0.717, 1.165) is 12.2 Å². The summed E-state index contributed by atoms with van der Waals surface area (Å²) in [6.07, 6.45) is 4.46. The number of benzene rings is 1. The van der Waals surface area contributed by atoms with E-state index in [-0.39, 0.29) is 0 Å². The van der Waals surface area contributed by atoms with Gasteiger partial charge in [-0.1, -0.05) is 19.1 Å². The fourth-order valence-electron chi connectivity index (χ4n) is 1.67. The Hall–Kier alpha value is -0.760. The molecule has 0 saturated heterocycles. The van der Waals surface area contributed by atoms with Gasteiger partial charge in [0.15, 0.2) is 0 Å². The molecular formula is C14H18OS. The van der Waals surface area contributed by atoms with Crippen molar-refractivity contribution in [2.24, 2.45) is 5.92 Å². The number of hydrogen-bond acceptors (Lipinski definition) is 2. The maximum absolute atomic E-state index is 10.4. The van der Waals surface area contributed by atoms with E-state index in [1.807, 2.05) is 11.8 Å². The molecule has 1 aliphatic rings. The zero-order chi connectivity index (χ0) is 11.4. The van der Waals surface area contributed by atoms with Crippen LogP contribution in [0.4, 0.5) is 0 Å². The normalized spacial score (nSPS) is 17.1. The van der Waals surface area contributed by atoms with Gasteiger partial charge in [-0.05, 0) is 42.4 Å². The van der Waals surface area contributed by atoms with Crippen molar-refractivity contribution in [3.05, 3.63) is 29.8 Å². The molecule has 0 aromatic heterocycles. The average Bonchev–Trinajstić information content (AvgIpc) is 3.11. The number of carbonyl (C=O) groups is 1. The zero-order valence-corrected chi connectivity index (χ0v) is 10.5. The van der Waals surface area contributed by atoms with E-state index in [1.54, 1.807) is 0 Å². The van der Waals surface area contributed by atoms with Crippen LogP contribution in [0, 0.1) is 5.92 Å². The summed E-state index contributed by atoms with van der Waals surface area (Å²) < 4.78 is 0. The fourth-order valence-corrected chi connectivity index (χ4v) is 2.76. The van der Waals surface area contributed by atoms with Crippen molar-refractivity contribution in [2.75, 3.05) is 5.75 Å². The van der Waals surface area contributed by atoms with Crippen molar-refractivity contribution in [1.29, 1.82) is 0 Å². The highest BCUT2D eigenvalue weighted by molar-refractivity contribution is 7.99. The van der Waals surface area contributed by atoms with E-state index in [1.165, 1.54) is 29.1 Å². The summed E-state index contributed by atoms with van der Waals surface area (Å²) >= 11 is 1.96. The molecule has 0 aliphatic heterocycles. The second-order valence-corrected chi connectivity index (χ2v) is 5.72. The van der Waals surface area contributed by atoms with Crippen molar-refractivity contribution in [1.82, 2.24) is 0 Å². The van der Waals surface area contributed by atoms with Crippen molar-refractivity contribution in [3.63, 3.8) is 0 Å². The molecule has 86 valence electrons. The molecule has 0 bridgehead atoms. The first-order chi connectivity index (χ1) is 7.79. The maximum atomic E-state index is 10.4. The van der Waals surface area contributed by atoms with Crippen LogP contribution in [0.1, 0.15) is 37.7 Å². The molecule has 1 atom stereocenters. The summed E-state index contributed by atoms with van der Waals surface area (Å²) in [5.74, 6) is 2.59. The summed E-state index contributed by atoms with van der Waals surface area (Å²) in [5, 5.41) is 0. The zero-order valence-electron chi connectivity index (χ0n) is 9.69. The predicted molar refractivity (Wildman–Crippen MR) is 69.0 cm³/mol. The van der Waals surface area contributed by atoms with E-state index in [2.05, 4.69) is 31.2 Å². The van der Waals surface area contributed by atoms with Gasteiger partial charge in [0, 0.05) is 17.1 Å². The highest BCUT2D eigenvalue weighted by Gasteiger charge is 2.20. The smallest absolute Gasteiger partial charge is 0.120 e. The van der Waals surface area contributed by atoms with Gasteiger partial charge in [0.2, 0.25) is 0 Å². The largest absolute Gasteiger partial charge is 0.303 e. The molecule has 0 N–H and O–H groups in total. The molecule has 1 nitrogen and oxygen atoms in total. The third-order valence-electron chi connectivity index (χ3n) is 3.08. The molecule has 0 radical (unpaired) electrons. The minimum Gasteiger partial charge on any atom is -0.303 e. The summed E-state index contributed by atoms with van der Waals surface area (Å²) in [6.45, 7) is 2.10. The Morgan fingerprint density at radius 1 is 1.38 bits per heavy atom. The predicted octanol–water partition coefficient (Wildman–Crippen LogP) is 3.88. The number of hydrogen-bond donors (Lipinski definition) is 0. The molecule has 1 aliphatic carbocycles. The van der Waals surface area contributed by atoms with Crippen LogP contribution >= 0.6 is 11.8 Å². The van der Waals surface area contributed by atoms with Crippen LogP contribution in [0.25, 0.3) is 0 Å². The number of aldehydes is 1. The van der Waals surface area contributed by atoms with Crippen LogP contribution in [-0.2, 0) is 4.79 Å². The molecular weight excluding hydrogens is 216 g/mol. The lowest BCUT2D eigenvalue weighted by Crippen LogP contribution is -1.93. The van der Waals surface area contributed by atoms with Crippen molar-refractivity contribution >= 4 is 18.0 Å². The van der Waals surface area contributed by atoms with Gasteiger partial charge in [-0.15, -0.1) is 11.8 Å². The highest BCUT2D eigenvalue weighted by atomic mass is 32.2. The van der Waals surface area contributed by atoms with Gasteiger partial charge in [-0.3, -0.25) is 0 Å². The van der Waals surface area contributed by atoms with Gasteiger partial charge >= 0.3 is 0 Å². The van der Waals surface area contributed by atoms with Gasteiger partial charge < -0.3 is 4.79 Å². The van der Waals surface area contributed by atoms with E-state index in [4.69, 9.17) is 0 Å². The molecule has 0 spiro atoms. The van der Waals surface area contributed by atoms with Gasteiger partial charge in [-0.25, -0.2) is 0 Å². The summed E-state index contributed by atoms with van der Waals surface area (Å²) in [6, 6.07) is 8.68. The number of rotatable bonds is 6. The fraction of sp³-hybridized carbons (Fsp3) is 0.500. The van der Waals surface area contributed by atoms with Crippen LogP contribution in [0.15, 0.2) is 29.2 Å². The van der Waals surface area contributed by atoms with E-state index < -0.39 is 0 Å². The molecule has 0 heterocycles. The summed E-state index contributed by atoms with van der Waals surface area (Å²) in [5.41, 5.74) is 1.27. The number of thioether (sulfide) groups is 1. The monoisotopic (exact) mass is 234 g/mol. The topological polar surface area (TPSA) is 17.1 Å². The van der Waals surface area contributed by atoms with Crippen molar-refractivity contribution in [3.8, 4) is 0 Å². The highest BCUT2D eigenvalue weighted by Crippen LogP contribution is 2.35. The molecule has 1 aromatic rings. The molecule has 1 unspecified atom stereocenters. The standard InChI is InChI=1S/C14H18OS/c1-11(8-9-15)13-4-6-14(7-5-13)16-10-12-2-3-12/h4-7,9,11-12H,2-3,8,10H2,1H3. The minimum atomic E-state index is 0.347. The SMILES string of the molecule is CC(CC=O)c1ccc(SCC2CC2)cc1. The first-order valence-electron chi connectivity index (χ1n) is 5.96. The summed E-state index contributed by atoms with van der Waals surface area (Å²) in [7, 11) is 0. The third kappa shape index (κ3) is 3.38. The Kier molecular flexibility index (Phi) is 4.05. The first-order valence-corrected chi connectivity index (χ1v) is 6.94. The van der Waals surface area contributed by atoms with Crippen LogP contribution in [-0.4, -0.2) is 12.0 Å². The van der Waals surface area contributed by atoms with Gasteiger partial charge in [0.05, 0.1) is 0 Å². The van der Waals surface area contributed by atoms with Gasteiger partial charge in [-0.2, -0.15) is 0 Å². The van der Waals surface area contributed by atoms with Crippen LogP contribution in [0.5, 0.6) is 0 Å². The van der Waals surface area contributed by atoms with Gasteiger partial charge in [0.25, 0.3) is 0 Å². The third-order valence-corrected chi connectivity index (χ3v) is 4.33. The first kappa shape index (κ1) is 11.7. The van der Waals surface area contributed by atoms with Crippen LogP contribution < -0.4 is 0 Å². The molecule has 2 heteroatoms. The van der Waals surface area contributed by atoms with E-state index >= 15 is 0 Å². The van der Waals surface area contributed by atoms with Crippen LogP contribution in [0.3, 0.4) is 0 Å². The minimum absolute atomic E-state index is 0.347. The van der Waals surface area contributed by atoms with Crippen molar-refractivity contribution < 1.29 is 4.79 Å².